The van der Waals surface area contributed by atoms with Gasteiger partial charge in [0.1, 0.15) is 17.1 Å². The van der Waals surface area contributed by atoms with Crippen molar-refractivity contribution in [3.8, 4) is 0 Å². The third-order valence-corrected chi connectivity index (χ3v) is 4.42. The van der Waals surface area contributed by atoms with E-state index in [1.165, 1.54) is 17.7 Å². The number of carbonyl (C=O) groups is 1. The number of rotatable bonds is 6. The first-order valence-electron chi connectivity index (χ1n) is 6.72. The molecule has 0 amide bonds. The van der Waals surface area contributed by atoms with Crippen molar-refractivity contribution < 1.29 is 14.3 Å². The second-order valence-corrected chi connectivity index (χ2v) is 6.24. The van der Waals surface area contributed by atoms with E-state index in [1.54, 1.807) is 24.3 Å². The van der Waals surface area contributed by atoms with E-state index in [2.05, 4.69) is 22.4 Å². The van der Waals surface area contributed by atoms with Crippen molar-refractivity contribution in [2.45, 2.75) is 38.9 Å². The minimum Gasteiger partial charge on any atom is -0.478 e. The van der Waals surface area contributed by atoms with Crippen LogP contribution in [0.15, 0.2) is 28.0 Å². The van der Waals surface area contributed by atoms with E-state index in [-0.39, 0.29) is 5.56 Å². The third-order valence-electron chi connectivity index (χ3n) is 3.56. The van der Waals surface area contributed by atoms with Gasteiger partial charge in [-0.15, -0.1) is 11.3 Å². The summed E-state index contributed by atoms with van der Waals surface area (Å²) in [5, 5.41) is 11.2. The third kappa shape index (κ3) is 2.94. The fourth-order valence-electron chi connectivity index (χ4n) is 2.39. The molecule has 1 aliphatic carbocycles. The quantitative estimate of drug-likeness (QED) is 0.885. The number of carboxylic acid groups (broad SMARTS) is 1. The Morgan fingerprint density at radius 2 is 2.30 bits per heavy atom. The highest BCUT2D eigenvalue weighted by Crippen LogP contribution is 2.31. The summed E-state index contributed by atoms with van der Waals surface area (Å²) >= 11 is 1.75. The lowest BCUT2D eigenvalue weighted by atomic mass is 10.2. The SMILES string of the molecule is Cc1oc(CN(Cc2cccs2)C2CC2)cc1C(=O)O. The van der Waals surface area contributed by atoms with Crippen molar-refractivity contribution in [3.05, 3.63) is 45.5 Å². The first-order valence-corrected chi connectivity index (χ1v) is 7.60. The molecule has 0 bridgehead atoms. The van der Waals surface area contributed by atoms with Gasteiger partial charge in [0, 0.05) is 17.5 Å². The van der Waals surface area contributed by atoms with Gasteiger partial charge in [-0.2, -0.15) is 0 Å². The predicted molar refractivity (Wildman–Crippen MR) is 77.0 cm³/mol. The molecular formula is C15H17NO3S. The highest BCUT2D eigenvalue weighted by atomic mass is 32.1. The first kappa shape index (κ1) is 13.4. The van der Waals surface area contributed by atoms with Gasteiger partial charge in [-0.25, -0.2) is 4.79 Å². The van der Waals surface area contributed by atoms with Gasteiger partial charge in [-0.3, -0.25) is 4.90 Å². The maximum atomic E-state index is 11.1. The number of aromatic carboxylic acids is 1. The van der Waals surface area contributed by atoms with Crippen LogP contribution >= 0.6 is 11.3 Å². The van der Waals surface area contributed by atoms with Crippen LogP contribution in [0.2, 0.25) is 0 Å². The molecule has 2 heterocycles. The number of hydrogen-bond donors (Lipinski definition) is 1. The second-order valence-electron chi connectivity index (χ2n) is 5.20. The topological polar surface area (TPSA) is 53.7 Å². The first-order chi connectivity index (χ1) is 9.63. The van der Waals surface area contributed by atoms with Crippen molar-refractivity contribution >= 4 is 17.3 Å². The highest BCUT2D eigenvalue weighted by molar-refractivity contribution is 7.09. The van der Waals surface area contributed by atoms with E-state index < -0.39 is 5.97 Å². The molecule has 0 unspecified atom stereocenters. The summed E-state index contributed by atoms with van der Waals surface area (Å²) in [5.41, 5.74) is 0.270. The van der Waals surface area contributed by atoms with Gasteiger partial charge in [0.25, 0.3) is 0 Å². The van der Waals surface area contributed by atoms with Gasteiger partial charge in [0.2, 0.25) is 0 Å². The predicted octanol–water partition coefficient (Wildman–Crippen LogP) is 3.51. The smallest absolute Gasteiger partial charge is 0.339 e. The lowest BCUT2D eigenvalue weighted by Crippen LogP contribution is -2.24. The number of hydrogen-bond acceptors (Lipinski definition) is 4. The lowest BCUT2D eigenvalue weighted by molar-refractivity contribution is 0.0695. The van der Waals surface area contributed by atoms with E-state index in [0.29, 0.717) is 18.3 Å². The molecular weight excluding hydrogens is 274 g/mol. The Balaban J connectivity index is 1.73. The van der Waals surface area contributed by atoms with E-state index in [0.717, 1.165) is 12.3 Å². The Labute approximate surface area is 121 Å². The van der Waals surface area contributed by atoms with Crippen LogP contribution in [-0.2, 0) is 13.1 Å². The Morgan fingerprint density at radius 3 is 2.85 bits per heavy atom. The Bertz CT molecular complexity index is 599. The average molecular weight is 291 g/mol. The number of furan rings is 1. The van der Waals surface area contributed by atoms with Crippen LogP contribution in [0.1, 0.15) is 39.6 Å². The van der Waals surface area contributed by atoms with Crippen LogP contribution in [0.3, 0.4) is 0 Å². The Kier molecular flexibility index (Phi) is 3.63. The molecule has 1 fully saturated rings. The van der Waals surface area contributed by atoms with Crippen LogP contribution < -0.4 is 0 Å². The molecule has 3 rings (SSSR count). The van der Waals surface area contributed by atoms with Crippen molar-refractivity contribution in [2.75, 3.05) is 0 Å². The molecule has 1 saturated carbocycles. The summed E-state index contributed by atoms with van der Waals surface area (Å²) < 4.78 is 5.58. The fraction of sp³-hybridized carbons (Fsp3) is 0.400. The Morgan fingerprint density at radius 1 is 1.50 bits per heavy atom. The van der Waals surface area contributed by atoms with Gasteiger partial charge in [-0.1, -0.05) is 6.07 Å². The monoisotopic (exact) mass is 291 g/mol. The Hall–Kier alpha value is -1.59. The van der Waals surface area contributed by atoms with Crippen LogP contribution in [0.25, 0.3) is 0 Å². The largest absolute Gasteiger partial charge is 0.478 e. The maximum absolute atomic E-state index is 11.1. The van der Waals surface area contributed by atoms with Gasteiger partial charge in [-0.05, 0) is 37.3 Å². The molecule has 1 aliphatic rings. The summed E-state index contributed by atoms with van der Waals surface area (Å²) in [7, 11) is 0. The zero-order valence-electron chi connectivity index (χ0n) is 11.3. The molecule has 0 atom stereocenters. The maximum Gasteiger partial charge on any atom is 0.339 e. The second kappa shape index (κ2) is 5.42. The zero-order chi connectivity index (χ0) is 14.1. The van der Waals surface area contributed by atoms with Gasteiger partial charge in [0.05, 0.1) is 6.54 Å². The lowest BCUT2D eigenvalue weighted by Gasteiger charge is -2.19. The molecule has 4 nitrogen and oxygen atoms in total. The van der Waals surface area contributed by atoms with Crippen LogP contribution in [0.4, 0.5) is 0 Å². The van der Waals surface area contributed by atoms with Crippen molar-refractivity contribution in [1.82, 2.24) is 4.90 Å². The summed E-state index contributed by atoms with van der Waals surface area (Å²) in [6.07, 6.45) is 2.44. The molecule has 2 aromatic rings. The van der Waals surface area contributed by atoms with E-state index >= 15 is 0 Å². The average Bonchev–Trinajstić information content (AvgIpc) is 3.00. The normalized spacial score (nSPS) is 14.9. The number of aryl methyl sites for hydroxylation is 1. The molecule has 2 aromatic heterocycles. The van der Waals surface area contributed by atoms with E-state index in [4.69, 9.17) is 9.52 Å². The van der Waals surface area contributed by atoms with Gasteiger partial charge >= 0.3 is 5.97 Å². The molecule has 0 aliphatic heterocycles. The minimum atomic E-state index is -0.922. The summed E-state index contributed by atoms with van der Waals surface area (Å²) in [6, 6.07) is 6.46. The van der Waals surface area contributed by atoms with Crippen LogP contribution in [-0.4, -0.2) is 22.0 Å². The molecule has 106 valence electrons. The number of thiophene rings is 1. The standard InChI is InChI=1S/C15H17NO3S/c1-10-14(15(17)18)7-12(19-10)8-16(11-4-5-11)9-13-3-2-6-20-13/h2-3,6-7,11H,4-5,8-9H2,1H3,(H,17,18). The molecule has 5 heteroatoms. The summed E-state index contributed by atoms with van der Waals surface area (Å²) in [5.74, 6) is 0.302. The number of carboxylic acids is 1. The fourth-order valence-corrected chi connectivity index (χ4v) is 3.12. The highest BCUT2D eigenvalue weighted by Gasteiger charge is 2.30. The molecule has 1 N–H and O–H groups in total. The molecule has 0 radical (unpaired) electrons. The van der Waals surface area contributed by atoms with Gasteiger partial charge in [0.15, 0.2) is 0 Å². The van der Waals surface area contributed by atoms with E-state index in [9.17, 15) is 4.79 Å². The number of nitrogens with zero attached hydrogens (tertiary/aromatic N) is 1. The molecule has 20 heavy (non-hydrogen) atoms. The van der Waals surface area contributed by atoms with E-state index in [1.807, 2.05) is 0 Å². The molecule has 0 spiro atoms. The van der Waals surface area contributed by atoms with Crippen molar-refractivity contribution in [2.24, 2.45) is 0 Å². The summed E-state index contributed by atoms with van der Waals surface area (Å²) in [6.45, 7) is 3.29. The van der Waals surface area contributed by atoms with Crippen LogP contribution in [0, 0.1) is 6.92 Å². The molecule has 0 saturated heterocycles. The van der Waals surface area contributed by atoms with Crippen LogP contribution in [0.5, 0.6) is 0 Å². The van der Waals surface area contributed by atoms with Gasteiger partial charge < -0.3 is 9.52 Å². The zero-order valence-corrected chi connectivity index (χ0v) is 12.2. The van der Waals surface area contributed by atoms with Crippen molar-refractivity contribution in [3.63, 3.8) is 0 Å². The minimum absolute atomic E-state index is 0.270. The summed E-state index contributed by atoms with van der Waals surface area (Å²) in [4.78, 5) is 14.8. The molecule has 0 aromatic carbocycles. The van der Waals surface area contributed by atoms with Crippen molar-refractivity contribution in [1.29, 1.82) is 0 Å².